The number of thiophene rings is 1. The maximum Gasteiger partial charge on any atom is 0.261 e. The molecule has 1 aromatic rings. The zero-order valence-corrected chi connectivity index (χ0v) is 12.2. The van der Waals surface area contributed by atoms with E-state index in [0.717, 1.165) is 17.7 Å². The summed E-state index contributed by atoms with van der Waals surface area (Å²) < 4.78 is 0. The predicted molar refractivity (Wildman–Crippen MR) is 77.2 cm³/mol. The van der Waals surface area contributed by atoms with Crippen LogP contribution in [-0.4, -0.2) is 11.9 Å². The van der Waals surface area contributed by atoms with Crippen molar-refractivity contribution in [1.29, 1.82) is 0 Å². The van der Waals surface area contributed by atoms with Crippen molar-refractivity contribution < 1.29 is 4.79 Å². The van der Waals surface area contributed by atoms with Crippen LogP contribution in [0, 0.1) is 5.92 Å². The average molecular weight is 265 g/mol. The third-order valence-corrected chi connectivity index (χ3v) is 5.04. The van der Waals surface area contributed by atoms with E-state index < -0.39 is 0 Å². The molecule has 0 bridgehead atoms. The molecule has 1 fully saturated rings. The van der Waals surface area contributed by atoms with Crippen LogP contribution in [0.25, 0.3) is 0 Å². The highest BCUT2D eigenvalue weighted by atomic mass is 32.1. The molecule has 2 unspecified atom stereocenters. The molecule has 0 saturated heterocycles. The van der Waals surface area contributed by atoms with E-state index in [1.165, 1.54) is 31.2 Å². The van der Waals surface area contributed by atoms with Gasteiger partial charge in [0.1, 0.15) is 0 Å². The fourth-order valence-corrected chi connectivity index (χ4v) is 3.83. The molecule has 1 aliphatic rings. The Labute approximate surface area is 114 Å². The molecule has 2 atom stereocenters. The topological polar surface area (TPSA) is 29.1 Å². The second-order valence-electron chi connectivity index (χ2n) is 5.16. The minimum Gasteiger partial charge on any atom is -0.348 e. The van der Waals surface area contributed by atoms with Gasteiger partial charge in [0.25, 0.3) is 5.91 Å². The van der Waals surface area contributed by atoms with Gasteiger partial charge in [0.15, 0.2) is 0 Å². The Bertz CT molecular complexity index is 399. The summed E-state index contributed by atoms with van der Waals surface area (Å²) in [7, 11) is 0. The molecule has 18 heavy (non-hydrogen) atoms. The van der Waals surface area contributed by atoms with Gasteiger partial charge in [0.05, 0.1) is 4.88 Å². The highest BCUT2D eigenvalue weighted by molar-refractivity contribution is 7.12. The lowest BCUT2D eigenvalue weighted by molar-refractivity contribution is 0.0908. The molecule has 0 spiro atoms. The van der Waals surface area contributed by atoms with E-state index in [4.69, 9.17) is 0 Å². The van der Waals surface area contributed by atoms with Crippen LogP contribution in [0.15, 0.2) is 11.4 Å². The predicted octanol–water partition coefficient (Wildman–Crippen LogP) is 4.01. The van der Waals surface area contributed by atoms with Gasteiger partial charge in [0, 0.05) is 6.04 Å². The van der Waals surface area contributed by atoms with E-state index in [1.807, 2.05) is 5.38 Å². The Morgan fingerprint density at radius 2 is 2.17 bits per heavy atom. The second-order valence-corrected chi connectivity index (χ2v) is 6.08. The fraction of sp³-hybridized carbons (Fsp3) is 0.667. The highest BCUT2D eigenvalue weighted by Crippen LogP contribution is 2.27. The first-order valence-electron chi connectivity index (χ1n) is 7.13. The van der Waals surface area contributed by atoms with Gasteiger partial charge >= 0.3 is 0 Å². The van der Waals surface area contributed by atoms with Crippen molar-refractivity contribution in [3.8, 4) is 0 Å². The minimum absolute atomic E-state index is 0.146. The molecule has 0 aromatic carbocycles. The maximum atomic E-state index is 12.3. The number of carbonyl (C=O) groups is 1. The van der Waals surface area contributed by atoms with E-state index in [9.17, 15) is 4.79 Å². The van der Waals surface area contributed by atoms with Crippen molar-refractivity contribution in [2.45, 2.75) is 58.4 Å². The Balaban J connectivity index is 2.02. The van der Waals surface area contributed by atoms with Crippen molar-refractivity contribution in [1.82, 2.24) is 5.32 Å². The largest absolute Gasteiger partial charge is 0.348 e. The molecule has 0 radical (unpaired) electrons. The smallest absolute Gasteiger partial charge is 0.261 e. The van der Waals surface area contributed by atoms with E-state index in [0.29, 0.717) is 12.0 Å². The van der Waals surface area contributed by atoms with Crippen molar-refractivity contribution >= 4 is 17.2 Å². The van der Waals surface area contributed by atoms with E-state index >= 15 is 0 Å². The van der Waals surface area contributed by atoms with Gasteiger partial charge in [-0.3, -0.25) is 4.79 Å². The highest BCUT2D eigenvalue weighted by Gasteiger charge is 2.26. The lowest BCUT2D eigenvalue weighted by Gasteiger charge is -2.31. The molecule has 100 valence electrons. The van der Waals surface area contributed by atoms with Gasteiger partial charge in [0.2, 0.25) is 0 Å². The lowest BCUT2D eigenvalue weighted by Crippen LogP contribution is -2.41. The van der Waals surface area contributed by atoms with Crippen LogP contribution in [0.3, 0.4) is 0 Å². The first-order valence-corrected chi connectivity index (χ1v) is 8.01. The number of carbonyl (C=O) groups excluding carboxylic acids is 1. The SMILES string of the molecule is CCc1ccsc1C(=O)NC1CCCCC1CC. The van der Waals surface area contributed by atoms with E-state index in [1.54, 1.807) is 11.3 Å². The van der Waals surface area contributed by atoms with Gasteiger partial charge in [-0.15, -0.1) is 11.3 Å². The summed E-state index contributed by atoms with van der Waals surface area (Å²) in [4.78, 5) is 13.2. The summed E-state index contributed by atoms with van der Waals surface area (Å²) >= 11 is 1.57. The zero-order valence-electron chi connectivity index (χ0n) is 11.4. The molecule has 1 amide bonds. The van der Waals surface area contributed by atoms with Gasteiger partial charge in [-0.1, -0.05) is 33.1 Å². The first-order chi connectivity index (χ1) is 8.76. The monoisotopic (exact) mass is 265 g/mol. The second kappa shape index (κ2) is 6.37. The molecular formula is C15H23NOS. The van der Waals surface area contributed by atoms with Crippen LogP contribution in [0.4, 0.5) is 0 Å². The summed E-state index contributed by atoms with van der Waals surface area (Å²) in [6.45, 7) is 4.34. The van der Waals surface area contributed by atoms with Gasteiger partial charge in [-0.25, -0.2) is 0 Å². The number of amides is 1. The Hall–Kier alpha value is -0.830. The van der Waals surface area contributed by atoms with Crippen LogP contribution in [-0.2, 0) is 6.42 Å². The Kier molecular flexibility index (Phi) is 4.81. The molecule has 3 heteroatoms. The molecule has 2 rings (SSSR count). The van der Waals surface area contributed by atoms with E-state index in [-0.39, 0.29) is 5.91 Å². The summed E-state index contributed by atoms with van der Waals surface area (Å²) in [6.07, 6.45) is 7.12. The van der Waals surface area contributed by atoms with Crippen molar-refractivity contribution in [3.05, 3.63) is 21.9 Å². The number of rotatable bonds is 4. The van der Waals surface area contributed by atoms with Crippen LogP contribution in [0.1, 0.15) is 61.2 Å². The van der Waals surface area contributed by atoms with Gasteiger partial charge in [-0.05, 0) is 42.2 Å². The quantitative estimate of drug-likeness (QED) is 0.875. The minimum atomic E-state index is 0.146. The summed E-state index contributed by atoms with van der Waals surface area (Å²) in [6, 6.07) is 2.46. The summed E-state index contributed by atoms with van der Waals surface area (Å²) in [5, 5.41) is 5.29. The molecule has 1 aliphatic carbocycles. The fourth-order valence-electron chi connectivity index (χ4n) is 2.93. The van der Waals surface area contributed by atoms with E-state index in [2.05, 4.69) is 25.2 Å². The number of nitrogens with one attached hydrogen (secondary N) is 1. The van der Waals surface area contributed by atoms with Crippen molar-refractivity contribution in [2.24, 2.45) is 5.92 Å². The van der Waals surface area contributed by atoms with Crippen molar-refractivity contribution in [3.63, 3.8) is 0 Å². The number of hydrogen-bond donors (Lipinski definition) is 1. The number of hydrogen-bond acceptors (Lipinski definition) is 2. The molecule has 2 nitrogen and oxygen atoms in total. The molecule has 0 aliphatic heterocycles. The van der Waals surface area contributed by atoms with Crippen LogP contribution in [0.5, 0.6) is 0 Å². The molecular weight excluding hydrogens is 242 g/mol. The van der Waals surface area contributed by atoms with Gasteiger partial charge < -0.3 is 5.32 Å². The van der Waals surface area contributed by atoms with Gasteiger partial charge in [-0.2, -0.15) is 0 Å². The van der Waals surface area contributed by atoms with Crippen LogP contribution in [0.2, 0.25) is 0 Å². The first kappa shape index (κ1) is 13.6. The molecule has 1 N–H and O–H groups in total. The van der Waals surface area contributed by atoms with Crippen molar-refractivity contribution in [2.75, 3.05) is 0 Å². The Morgan fingerprint density at radius 1 is 1.39 bits per heavy atom. The number of aryl methyl sites for hydroxylation is 1. The molecule has 1 aromatic heterocycles. The third kappa shape index (κ3) is 2.94. The standard InChI is InChI=1S/C15H23NOS/c1-3-11-7-5-6-8-13(11)16-15(17)14-12(4-2)9-10-18-14/h9-11,13H,3-8H2,1-2H3,(H,16,17). The lowest BCUT2D eigenvalue weighted by atomic mass is 9.83. The summed E-state index contributed by atoms with van der Waals surface area (Å²) in [5.41, 5.74) is 1.18. The average Bonchev–Trinajstić information content (AvgIpc) is 2.87. The third-order valence-electron chi connectivity index (χ3n) is 4.08. The maximum absolute atomic E-state index is 12.3. The normalized spacial score (nSPS) is 23.9. The van der Waals surface area contributed by atoms with Crippen LogP contribution < -0.4 is 5.32 Å². The molecule has 1 heterocycles. The molecule has 1 saturated carbocycles. The Morgan fingerprint density at radius 3 is 2.89 bits per heavy atom. The van der Waals surface area contributed by atoms with Crippen LogP contribution >= 0.6 is 11.3 Å². The summed E-state index contributed by atoms with van der Waals surface area (Å²) in [5.74, 6) is 0.819. The zero-order chi connectivity index (χ0) is 13.0.